The maximum Gasteiger partial charge on any atom is 0.173 e. The summed E-state index contributed by atoms with van der Waals surface area (Å²) >= 11 is 4.32. The Morgan fingerprint density at radius 2 is 2.40 bits per heavy atom. The molecule has 0 radical (unpaired) electrons. The number of hydrogen-bond donors (Lipinski definition) is 0. The second-order valence-corrected chi connectivity index (χ2v) is 4.06. The van der Waals surface area contributed by atoms with Gasteiger partial charge in [-0.05, 0) is 18.3 Å². The Balaban J connectivity index is 2.81. The Bertz CT molecular complexity index is 298. The van der Waals surface area contributed by atoms with Crippen LogP contribution in [0.4, 0.5) is 0 Å². The number of hydrogen-bond acceptors (Lipinski definition) is 4. The lowest BCUT2D eigenvalue weighted by atomic mass is 10.4. The van der Waals surface area contributed by atoms with Gasteiger partial charge in [0.2, 0.25) is 0 Å². The zero-order valence-electron chi connectivity index (χ0n) is 5.02. The van der Waals surface area contributed by atoms with E-state index in [4.69, 9.17) is 0 Å². The summed E-state index contributed by atoms with van der Waals surface area (Å²) in [5, 5.41) is 3.30. The van der Waals surface area contributed by atoms with Crippen molar-refractivity contribution in [1.82, 2.24) is 0 Å². The molecule has 5 heteroatoms. The van der Waals surface area contributed by atoms with Crippen LogP contribution in [-0.4, -0.2) is 25.4 Å². The highest BCUT2D eigenvalue weighted by atomic mass is 32.2. The van der Waals surface area contributed by atoms with Gasteiger partial charge in [-0.15, -0.1) is 0 Å². The molecule has 0 aromatic heterocycles. The van der Waals surface area contributed by atoms with Gasteiger partial charge < -0.3 is 0 Å². The maximum atomic E-state index is 10.7. The summed E-state index contributed by atoms with van der Waals surface area (Å²) in [6.07, 6.45) is 1.51. The van der Waals surface area contributed by atoms with Gasteiger partial charge in [0.1, 0.15) is 0 Å². The highest BCUT2D eigenvalue weighted by Crippen LogP contribution is 2.09. The maximum absolute atomic E-state index is 10.7. The van der Waals surface area contributed by atoms with Crippen molar-refractivity contribution in [2.24, 2.45) is 4.99 Å². The lowest BCUT2D eigenvalue weighted by Gasteiger charge is -1.92. The summed E-state index contributed by atoms with van der Waals surface area (Å²) in [7, 11) is -2.98. The van der Waals surface area contributed by atoms with Crippen LogP contribution in [0.2, 0.25) is 0 Å². The summed E-state index contributed by atoms with van der Waals surface area (Å²) in [6.45, 7) is 0. The Hall–Kier alpha value is -0.510. The molecule has 0 saturated heterocycles. The van der Waals surface area contributed by atoms with E-state index in [1.165, 1.54) is 6.08 Å². The van der Waals surface area contributed by atoms with Gasteiger partial charge in [0.15, 0.2) is 9.84 Å². The molecule has 0 bridgehead atoms. The topological polar surface area (TPSA) is 46.5 Å². The van der Waals surface area contributed by atoms with Crippen molar-refractivity contribution >= 4 is 27.2 Å². The van der Waals surface area contributed by atoms with Crippen molar-refractivity contribution < 1.29 is 8.42 Å². The molecule has 10 heavy (non-hydrogen) atoms. The lowest BCUT2D eigenvalue weighted by Crippen LogP contribution is -2.07. The average Bonchev–Trinajstić information content (AvgIpc) is 2.12. The monoisotopic (exact) mass is 175 g/mol. The van der Waals surface area contributed by atoms with Gasteiger partial charge in [-0.3, -0.25) is 0 Å². The van der Waals surface area contributed by atoms with Gasteiger partial charge >= 0.3 is 0 Å². The van der Waals surface area contributed by atoms with Crippen LogP contribution in [0.1, 0.15) is 0 Å². The molecular weight excluding hydrogens is 170 g/mol. The third-order valence-electron chi connectivity index (χ3n) is 1.13. The highest BCUT2D eigenvalue weighted by Gasteiger charge is 2.20. The Kier molecular flexibility index (Phi) is 1.99. The van der Waals surface area contributed by atoms with Gasteiger partial charge in [0, 0.05) is 5.41 Å². The molecular formula is C5H5NO2S2. The molecule has 0 saturated carbocycles. The molecule has 54 valence electrons. The summed E-state index contributed by atoms with van der Waals surface area (Å²) in [5.74, 6) is 0.0383. The van der Waals surface area contributed by atoms with Crippen LogP contribution < -0.4 is 0 Å². The Morgan fingerprint density at radius 3 is 2.80 bits per heavy atom. The largest absolute Gasteiger partial charge is 0.224 e. The predicted octanol–water partition coefficient (Wildman–Crippen LogP) is 0.400. The van der Waals surface area contributed by atoms with Crippen LogP contribution in [-0.2, 0) is 9.84 Å². The minimum atomic E-state index is -2.98. The van der Waals surface area contributed by atoms with Crippen LogP contribution in [0.25, 0.3) is 0 Å². The van der Waals surface area contributed by atoms with Gasteiger partial charge in [-0.1, -0.05) is 0 Å². The van der Waals surface area contributed by atoms with E-state index in [-0.39, 0.29) is 11.8 Å². The van der Waals surface area contributed by atoms with Gasteiger partial charge in [0.25, 0.3) is 0 Å². The molecule has 0 aromatic rings. The van der Waals surface area contributed by atoms with Crippen LogP contribution in [0.15, 0.2) is 16.5 Å². The van der Waals surface area contributed by atoms with E-state index in [9.17, 15) is 8.42 Å². The quantitative estimate of drug-likeness (QED) is 0.428. The number of sulfone groups is 1. The first kappa shape index (κ1) is 7.60. The van der Waals surface area contributed by atoms with E-state index < -0.39 is 9.84 Å². The first-order valence-electron chi connectivity index (χ1n) is 2.62. The normalized spacial score (nSPS) is 27.8. The zero-order valence-corrected chi connectivity index (χ0v) is 6.65. The minimum absolute atomic E-state index is 0.0383. The number of nitrogens with zero attached hydrogens (tertiary/aromatic N) is 1. The van der Waals surface area contributed by atoms with Gasteiger partial charge in [-0.25, -0.2) is 13.4 Å². The van der Waals surface area contributed by atoms with Crippen molar-refractivity contribution in [2.45, 2.75) is 6.04 Å². The zero-order chi connectivity index (χ0) is 7.61. The molecule has 1 aliphatic heterocycles. The fourth-order valence-corrected chi connectivity index (χ4v) is 2.04. The van der Waals surface area contributed by atoms with Crippen molar-refractivity contribution in [3.05, 3.63) is 11.5 Å². The van der Waals surface area contributed by atoms with E-state index in [1.54, 1.807) is 0 Å². The van der Waals surface area contributed by atoms with E-state index in [1.807, 2.05) is 0 Å². The van der Waals surface area contributed by atoms with E-state index in [0.717, 1.165) is 5.41 Å². The molecule has 0 fully saturated rings. The summed E-state index contributed by atoms with van der Waals surface area (Å²) < 4.78 is 21.4. The van der Waals surface area contributed by atoms with E-state index >= 15 is 0 Å². The van der Waals surface area contributed by atoms with Crippen LogP contribution in [0.5, 0.6) is 0 Å². The minimum Gasteiger partial charge on any atom is -0.224 e. The van der Waals surface area contributed by atoms with E-state index in [0.29, 0.717) is 0 Å². The molecule has 1 rings (SSSR count). The molecule has 0 aliphatic carbocycles. The second-order valence-electron chi connectivity index (χ2n) is 1.95. The van der Waals surface area contributed by atoms with Crippen LogP contribution >= 0.6 is 12.2 Å². The van der Waals surface area contributed by atoms with Gasteiger partial charge in [0.05, 0.1) is 17.0 Å². The smallest absolute Gasteiger partial charge is 0.173 e. The summed E-state index contributed by atoms with van der Waals surface area (Å²) in [4.78, 5) is 3.62. The molecule has 0 N–H and O–H groups in total. The Morgan fingerprint density at radius 1 is 1.70 bits per heavy atom. The molecule has 1 heterocycles. The average molecular weight is 175 g/mol. The molecule has 3 nitrogen and oxygen atoms in total. The van der Waals surface area contributed by atoms with Gasteiger partial charge in [-0.2, -0.15) is 0 Å². The number of isothiocyanates is 1. The second kappa shape index (κ2) is 2.62. The molecule has 0 unspecified atom stereocenters. The van der Waals surface area contributed by atoms with Crippen molar-refractivity contribution in [2.75, 3.05) is 5.75 Å². The number of thiocarbonyl (C=S) groups is 1. The van der Waals surface area contributed by atoms with Crippen LogP contribution in [0, 0.1) is 0 Å². The van der Waals surface area contributed by atoms with Crippen LogP contribution in [0.3, 0.4) is 0 Å². The standard InChI is InChI=1S/C5H5NO2S2/c7-10(8)2-1-5(3-10)6-4-9/h1-2,5H,3H2/t5-/m0/s1. The summed E-state index contributed by atoms with van der Waals surface area (Å²) in [5.41, 5.74) is 0. The fourth-order valence-electron chi connectivity index (χ4n) is 0.708. The SMILES string of the molecule is O=S1(=O)C=C[C@H](N=C=S)C1. The number of aliphatic imine (C=N–C) groups is 1. The Labute approximate surface area is 64.4 Å². The predicted molar refractivity (Wildman–Crippen MR) is 41.7 cm³/mol. The first-order chi connectivity index (χ1) is 4.64. The highest BCUT2D eigenvalue weighted by molar-refractivity contribution is 7.94. The van der Waals surface area contributed by atoms with E-state index in [2.05, 4.69) is 22.4 Å². The van der Waals surface area contributed by atoms with Crippen molar-refractivity contribution in [3.8, 4) is 0 Å². The fraction of sp³-hybridized carbons (Fsp3) is 0.400. The molecule has 1 atom stereocenters. The third kappa shape index (κ3) is 1.73. The van der Waals surface area contributed by atoms with Crippen molar-refractivity contribution in [3.63, 3.8) is 0 Å². The first-order valence-corrected chi connectivity index (χ1v) is 4.74. The van der Waals surface area contributed by atoms with Crippen molar-refractivity contribution in [1.29, 1.82) is 0 Å². The summed E-state index contributed by atoms with van der Waals surface area (Å²) in [6, 6.07) is -0.303. The number of rotatable bonds is 1. The molecule has 1 aliphatic rings. The lowest BCUT2D eigenvalue weighted by molar-refractivity contribution is 0.604. The molecule has 0 spiro atoms. The third-order valence-corrected chi connectivity index (χ3v) is 2.61. The molecule has 0 amide bonds. The molecule has 0 aromatic carbocycles.